The molecule has 3 aromatic rings. The Bertz CT molecular complexity index is 1040. The molecule has 0 bridgehead atoms. The molecule has 2 heterocycles. The van der Waals surface area contributed by atoms with Crippen molar-refractivity contribution in [1.82, 2.24) is 25.3 Å². The fourth-order valence-corrected chi connectivity index (χ4v) is 3.92. The molecule has 4 rings (SSSR count). The van der Waals surface area contributed by atoms with Gasteiger partial charge in [0.2, 0.25) is 5.91 Å². The smallest absolute Gasteiger partial charge is 0.222 e. The number of nitrogens with one attached hydrogen (secondary N) is 2. The number of carbonyl (C=O) groups excluding carboxylic acids is 1. The number of hydrogen-bond donors (Lipinski definition) is 2. The SMILES string of the molecule is CCNC(=NCc1ccc(CN2CCCC2=O)cc1)NCCc1ccc(-n2cccn2)cc1. The number of amides is 1. The molecule has 0 spiro atoms. The monoisotopic (exact) mass is 444 g/mol. The normalized spacial score (nSPS) is 14.0. The third-order valence-corrected chi connectivity index (χ3v) is 5.74. The van der Waals surface area contributed by atoms with Crippen molar-refractivity contribution in [2.24, 2.45) is 4.99 Å². The molecule has 7 heteroatoms. The first-order chi connectivity index (χ1) is 16.2. The minimum Gasteiger partial charge on any atom is -0.357 e. The highest BCUT2D eigenvalue weighted by Gasteiger charge is 2.19. The number of rotatable bonds is 9. The number of carbonyl (C=O) groups is 1. The maximum atomic E-state index is 11.8. The van der Waals surface area contributed by atoms with Crippen LogP contribution in [0.25, 0.3) is 5.69 Å². The minimum absolute atomic E-state index is 0.263. The first-order valence-corrected chi connectivity index (χ1v) is 11.7. The molecule has 7 nitrogen and oxygen atoms in total. The number of likely N-dealkylation sites (tertiary alicyclic amines) is 1. The Hall–Kier alpha value is -3.61. The second-order valence-corrected chi connectivity index (χ2v) is 8.22. The molecule has 1 aromatic heterocycles. The molecule has 1 saturated heterocycles. The Morgan fingerprint density at radius 1 is 1.03 bits per heavy atom. The molecule has 33 heavy (non-hydrogen) atoms. The summed E-state index contributed by atoms with van der Waals surface area (Å²) in [5.74, 6) is 1.08. The van der Waals surface area contributed by atoms with Gasteiger partial charge in [-0.1, -0.05) is 36.4 Å². The number of hydrogen-bond acceptors (Lipinski definition) is 3. The van der Waals surface area contributed by atoms with Crippen molar-refractivity contribution in [2.75, 3.05) is 19.6 Å². The number of benzene rings is 2. The highest BCUT2D eigenvalue weighted by molar-refractivity contribution is 5.79. The predicted octanol–water partition coefficient (Wildman–Crippen LogP) is 3.29. The summed E-state index contributed by atoms with van der Waals surface area (Å²) in [5.41, 5.74) is 4.64. The molecular formula is C26H32N6O. The highest BCUT2D eigenvalue weighted by atomic mass is 16.2. The molecule has 1 amide bonds. The van der Waals surface area contributed by atoms with E-state index in [1.54, 1.807) is 6.20 Å². The second-order valence-electron chi connectivity index (χ2n) is 8.22. The average Bonchev–Trinajstić information content (AvgIpc) is 3.51. The summed E-state index contributed by atoms with van der Waals surface area (Å²) in [6, 6.07) is 18.8. The first-order valence-electron chi connectivity index (χ1n) is 11.7. The molecule has 2 aromatic carbocycles. The quantitative estimate of drug-likeness (QED) is 0.392. The van der Waals surface area contributed by atoms with Gasteiger partial charge in [-0.2, -0.15) is 5.10 Å². The standard InChI is InChI=1S/C26H32N6O/c1-2-27-26(28-16-14-21-10-12-24(13-11-21)32-18-4-15-30-32)29-19-22-6-8-23(9-7-22)20-31-17-3-5-25(31)33/h4,6-13,15,18H,2-3,5,14,16-17,19-20H2,1H3,(H2,27,28,29). The van der Waals surface area contributed by atoms with Crippen molar-refractivity contribution in [3.63, 3.8) is 0 Å². The lowest BCUT2D eigenvalue weighted by Gasteiger charge is -2.15. The fraction of sp³-hybridized carbons (Fsp3) is 0.346. The Labute approximate surface area is 195 Å². The van der Waals surface area contributed by atoms with Crippen LogP contribution < -0.4 is 10.6 Å². The van der Waals surface area contributed by atoms with Gasteiger partial charge in [-0.25, -0.2) is 9.67 Å². The van der Waals surface area contributed by atoms with Crippen molar-refractivity contribution in [2.45, 2.75) is 39.3 Å². The molecule has 2 N–H and O–H groups in total. The summed E-state index contributed by atoms with van der Waals surface area (Å²) in [6.07, 6.45) is 6.29. The molecule has 1 aliphatic heterocycles. The number of aliphatic imine (C=N–C) groups is 1. The molecule has 172 valence electrons. The van der Waals surface area contributed by atoms with Gasteiger partial charge in [0.1, 0.15) is 0 Å². The summed E-state index contributed by atoms with van der Waals surface area (Å²) in [4.78, 5) is 18.5. The van der Waals surface area contributed by atoms with Crippen LogP contribution in [0.3, 0.4) is 0 Å². The first kappa shape index (κ1) is 22.6. The van der Waals surface area contributed by atoms with Gasteiger partial charge in [-0.05, 0) is 54.7 Å². The molecule has 0 saturated carbocycles. The zero-order chi connectivity index (χ0) is 22.9. The van der Waals surface area contributed by atoms with Crippen LogP contribution >= 0.6 is 0 Å². The van der Waals surface area contributed by atoms with Crippen LogP contribution in [-0.2, 0) is 24.3 Å². The molecule has 0 aliphatic carbocycles. The van der Waals surface area contributed by atoms with Gasteiger partial charge in [0, 0.05) is 45.0 Å². The van der Waals surface area contributed by atoms with E-state index in [0.29, 0.717) is 19.5 Å². The van der Waals surface area contributed by atoms with E-state index < -0.39 is 0 Å². The van der Waals surface area contributed by atoms with Crippen LogP contribution in [0.2, 0.25) is 0 Å². The topological polar surface area (TPSA) is 74.6 Å². The number of nitrogens with zero attached hydrogens (tertiary/aromatic N) is 4. The van der Waals surface area contributed by atoms with Gasteiger partial charge < -0.3 is 15.5 Å². The van der Waals surface area contributed by atoms with Gasteiger partial charge in [0.05, 0.1) is 12.2 Å². The maximum Gasteiger partial charge on any atom is 0.222 e. The zero-order valence-corrected chi connectivity index (χ0v) is 19.2. The van der Waals surface area contributed by atoms with E-state index in [9.17, 15) is 4.79 Å². The van der Waals surface area contributed by atoms with Gasteiger partial charge in [0.25, 0.3) is 0 Å². The van der Waals surface area contributed by atoms with E-state index in [2.05, 4.69) is 71.2 Å². The summed E-state index contributed by atoms with van der Waals surface area (Å²) in [5, 5.41) is 11.0. The summed E-state index contributed by atoms with van der Waals surface area (Å²) in [6.45, 7) is 5.87. The van der Waals surface area contributed by atoms with Crippen molar-refractivity contribution >= 4 is 11.9 Å². The van der Waals surface area contributed by atoms with E-state index in [0.717, 1.165) is 49.7 Å². The summed E-state index contributed by atoms with van der Waals surface area (Å²) in [7, 11) is 0. The molecule has 0 atom stereocenters. The summed E-state index contributed by atoms with van der Waals surface area (Å²) >= 11 is 0. The van der Waals surface area contributed by atoms with E-state index in [-0.39, 0.29) is 5.91 Å². The van der Waals surface area contributed by atoms with Gasteiger partial charge in [-0.15, -0.1) is 0 Å². The molecule has 1 fully saturated rings. The van der Waals surface area contributed by atoms with E-state index >= 15 is 0 Å². The lowest BCUT2D eigenvalue weighted by molar-refractivity contribution is -0.128. The molecule has 1 aliphatic rings. The van der Waals surface area contributed by atoms with Crippen LogP contribution in [0.15, 0.2) is 72.0 Å². The van der Waals surface area contributed by atoms with Gasteiger partial charge >= 0.3 is 0 Å². The van der Waals surface area contributed by atoms with Crippen molar-refractivity contribution < 1.29 is 4.79 Å². The van der Waals surface area contributed by atoms with E-state index in [1.165, 1.54) is 11.1 Å². The second kappa shape index (κ2) is 11.3. The van der Waals surface area contributed by atoms with E-state index in [1.807, 2.05) is 21.8 Å². The average molecular weight is 445 g/mol. The molecule has 0 radical (unpaired) electrons. The number of guanidine groups is 1. The maximum absolute atomic E-state index is 11.8. The van der Waals surface area contributed by atoms with E-state index in [4.69, 9.17) is 4.99 Å². The zero-order valence-electron chi connectivity index (χ0n) is 19.2. The lowest BCUT2D eigenvalue weighted by Crippen LogP contribution is -2.38. The van der Waals surface area contributed by atoms with Crippen LogP contribution in [-0.4, -0.2) is 46.2 Å². The Morgan fingerprint density at radius 3 is 2.45 bits per heavy atom. The summed E-state index contributed by atoms with van der Waals surface area (Å²) < 4.78 is 1.86. The van der Waals surface area contributed by atoms with Crippen LogP contribution in [0.4, 0.5) is 0 Å². The number of aromatic nitrogens is 2. The fourth-order valence-electron chi connectivity index (χ4n) is 3.92. The van der Waals surface area contributed by atoms with Crippen molar-refractivity contribution in [3.05, 3.63) is 83.7 Å². The van der Waals surface area contributed by atoms with Crippen LogP contribution in [0, 0.1) is 0 Å². The van der Waals surface area contributed by atoms with Crippen molar-refractivity contribution in [3.8, 4) is 5.69 Å². The lowest BCUT2D eigenvalue weighted by atomic mass is 10.1. The largest absolute Gasteiger partial charge is 0.357 e. The Kier molecular flexibility index (Phi) is 7.74. The molecular weight excluding hydrogens is 412 g/mol. The van der Waals surface area contributed by atoms with Gasteiger partial charge in [0.15, 0.2) is 5.96 Å². The van der Waals surface area contributed by atoms with Gasteiger partial charge in [-0.3, -0.25) is 4.79 Å². The van der Waals surface area contributed by atoms with Crippen LogP contribution in [0.1, 0.15) is 36.5 Å². The minimum atomic E-state index is 0.263. The Balaban J connectivity index is 1.26. The Morgan fingerprint density at radius 2 is 1.79 bits per heavy atom. The van der Waals surface area contributed by atoms with Crippen LogP contribution in [0.5, 0.6) is 0 Å². The third kappa shape index (κ3) is 6.44. The molecule has 0 unspecified atom stereocenters. The third-order valence-electron chi connectivity index (χ3n) is 5.74. The highest BCUT2D eigenvalue weighted by Crippen LogP contribution is 2.15. The predicted molar refractivity (Wildman–Crippen MR) is 131 cm³/mol. The van der Waals surface area contributed by atoms with Crippen molar-refractivity contribution in [1.29, 1.82) is 0 Å².